The first-order valence-corrected chi connectivity index (χ1v) is 45.9. The summed E-state index contributed by atoms with van der Waals surface area (Å²) in [6, 6.07) is 147. The van der Waals surface area contributed by atoms with Gasteiger partial charge in [0, 0.05) is 87.3 Å². The van der Waals surface area contributed by atoms with Gasteiger partial charge < -0.3 is 17.7 Å². The Kier molecular flexibility index (Phi) is 20.7. The van der Waals surface area contributed by atoms with E-state index in [2.05, 4.69) is 455 Å². The number of fused-ring (bicyclic) bond motifs is 13. The first-order valence-electron chi connectivity index (χ1n) is 45.9. The van der Waals surface area contributed by atoms with E-state index in [-0.39, 0.29) is 10.8 Å². The van der Waals surface area contributed by atoms with Crippen LogP contribution in [0.3, 0.4) is 0 Å². The highest BCUT2D eigenvalue weighted by molar-refractivity contribution is 6.31. The molecule has 626 valence electrons. The first kappa shape index (κ1) is 80.5. The van der Waals surface area contributed by atoms with Gasteiger partial charge in [-0.05, 0) is 176 Å². The number of benzene rings is 19. The fourth-order valence-corrected chi connectivity index (χ4v) is 20.1. The molecule has 0 aliphatic carbocycles. The first-order chi connectivity index (χ1) is 63.7. The number of hydrogen-bond acceptors (Lipinski definition) is 4. The van der Waals surface area contributed by atoms with Crippen LogP contribution in [0.25, 0.3) is 232 Å². The molecule has 0 saturated heterocycles. The Labute approximate surface area is 759 Å². The Hall–Kier alpha value is -15.4. The predicted molar refractivity (Wildman–Crippen MR) is 550 cm³/mol. The predicted octanol–water partition coefficient (Wildman–Crippen LogP) is 36.8. The molecular weight excluding hydrogens is 1580 g/mol. The maximum absolute atomic E-state index is 7.48. The van der Waals surface area contributed by atoms with E-state index in [0.29, 0.717) is 0 Å². The summed E-state index contributed by atoms with van der Waals surface area (Å²) in [6.07, 6.45) is 6.01. The molecular formula is C126H98O4. The second-order valence-electron chi connectivity index (χ2n) is 36.9. The van der Waals surface area contributed by atoms with Gasteiger partial charge in [-0.1, -0.05) is 438 Å². The molecule has 0 atom stereocenters. The van der Waals surface area contributed by atoms with Gasteiger partial charge >= 0.3 is 0 Å². The Morgan fingerprint density at radius 3 is 0.923 bits per heavy atom. The third kappa shape index (κ3) is 14.5. The van der Waals surface area contributed by atoms with Crippen molar-refractivity contribution in [1.29, 1.82) is 0 Å². The molecule has 4 heteroatoms. The van der Waals surface area contributed by atoms with Gasteiger partial charge in [-0.25, -0.2) is 0 Å². The lowest BCUT2D eigenvalue weighted by Crippen LogP contribution is -2.10. The number of rotatable bonds is 17. The highest BCUT2D eigenvalue weighted by Crippen LogP contribution is 2.57. The Balaban J connectivity index is 0.000000153. The summed E-state index contributed by atoms with van der Waals surface area (Å²) in [4.78, 5) is 0. The minimum absolute atomic E-state index is 0.283. The minimum atomic E-state index is -0.283. The summed E-state index contributed by atoms with van der Waals surface area (Å²) in [6.45, 7) is 15.8. The normalized spacial score (nSPS) is 12.0. The fourth-order valence-electron chi connectivity index (χ4n) is 20.1. The van der Waals surface area contributed by atoms with Gasteiger partial charge in [-0.15, -0.1) is 0 Å². The molecule has 0 saturated carbocycles. The third-order valence-electron chi connectivity index (χ3n) is 26.3. The van der Waals surface area contributed by atoms with E-state index < -0.39 is 0 Å². The lowest BCUT2D eigenvalue weighted by atomic mass is 9.83. The highest BCUT2D eigenvalue weighted by Gasteiger charge is 2.35. The molecule has 4 aromatic heterocycles. The van der Waals surface area contributed by atoms with Crippen molar-refractivity contribution in [3.8, 4) is 134 Å². The summed E-state index contributed by atoms with van der Waals surface area (Å²) >= 11 is 0. The van der Waals surface area contributed by atoms with E-state index in [1.165, 1.54) is 80.3 Å². The minimum Gasteiger partial charge on any atom is -0.459 e. The SMILES string of the molecule is CC(C)(C)c1oc2c(cc(-c3ccc4ccccc4c3)c3c4oc(C(C)(C)C)c(-c5ccccc5)c4cc(-c4ccc(-c5cccc6ccccc56)cc4)c23)c1-c1ccccc1.CCCCCCc1ccc(-c2cc3c(-c4ccccc4)c(-c4ccccc4)oc3c3c(-c4cccc(-c5cccc6ccccc56)c4)cc4c(-c5ccccc5)c(-c5ccccc5)oc4c23)cc1. The molecule has 130 heavy (non-hydrogen) atoms. The number of furan rings is 4. The van der Waals surface area contributed by atoms with Crippen molar-refractivity contribution in [2.24, 2.45) is 0 Å². The van der Waals surface area contributed by atoms with Crippen LogP contribution in [0.1, 0.15) is 91.2 Å². The molecule has 23 aromatic rings. The van der Waals surface area contributed by atoms with Crippen molar-refractivity contribution >= 4 is 97.7 Å². The van der Waals surface area contributed by atoms with Gasteiger partial charge in [0.1, 0.15) is 45.4 Å². The molecule has 0 N–H and O–H groups in total. The lowest BCUT2D eigenvalue weighted by molar-refractivity contribution is 0.432. The molecule has 23 rings (SSSR count). The summed E-state index contributed by atoms with van der Waals surface area (Å²) in [7, 11) is 0. The van der Waals surface area contributed by atoms with Crippen molar-refractivity contribution < 1.29 is 17.7 Å². The lowest BCUT2D eigenvalue weighted by Gasteiger charge is -2.17. The van der Waals surface area contributed by atoms with E-state index in [1.54, 1.807) is 0 Å². The number of hydrogen-bond donors (Lipinski definition) is 0. The fraction of sp³-hybridized carbons (Fsp3) is 0.111. The molecule has 0 fully saturated rings. The number of unbranched alkanes of at least 4 members (excludes halogenated alkanes) is 3. The Morgan fingerprint density at radius 1 is 0.200 bits per heavy atom. The van der Waals surface area contributed by atoms with Gasteiger partial charge in [-0.3, -0.25) is 0 Å². The zero-order valence-corrected chi connectivity index (χ0v) is 74.4. The molecule has 0 unspecified atom stereocenters. The van der Waals surface area contributed by atoms with Crippen molar-refractivity contribution in [1.82, 2.24) is 0 Å². The van der Waals surface area contributed by atoms with E-state index >= 15 is 0 Å². The van der Waals surface area contributed by atoms with Gasteiger partial charge in [0.25, 0.3) is 0 Å². The second-order valence-corrected chi connectivity index (χ2v) is 36.9. The van der Waals surface area contributed by atoms with Gasteiger partial charge in [0.05, 0.1) is 0 Å². The van der Waals surface area contributed by atoms with Crippen LogP contribution in [0.15, 0.2) is 424 Å². The van der Waals surface area contributed by atoms with E-state index in [4.69, 9.17) is 17.7 Å². The summed E-state index contributed by atoms with van der Waals surface area (Å²) in [5.74, 6) is 3.62. The molecule has 0 spiro atoms. The molecule has 4 nitrogen and oxygen atoms in total. The van der Waals surface area contributed by atoms with Crippen LogP contribution in [-0.2, 0) is 17.3 Å². The van der Waals surface area contributed by atoms with Crippen LogP contribution < -0.4 is 0 Å². The van der Waals surface area contributed by atoms with Crippen LogP contribution in [0.2, 0.25) is 0 Å². The van der Waals surface area contributed by atoms with Gasteiger partial charge in [0.15, 0.2) is 0 Å². The largest absolute Gasteiger partial charge is 0.459 e. The smallest absolute Gasteiger partial charge is 0.144 e. The number of aryl methyl sites for hydroxylation is 1. The molecule has 0 aliphatic heterocycles. The molecule has 0 aliphatic rings. The van der Waals surface area contributed by atoms with Gasteiger partial charge in [0.2, 0.25) is 0 Å². The zero-order valence-electron chi connectivity index (χ0n) is 74.4. The average Bonchev–Trinajstić information content (AvgIpc) is 1.53. The Bertz CT molecular complexity index is 8140. The molecule has 19 aromatic carbocycles. The molecule has 0 bridgehead atoms. The molecule has 0 radical (unpaired) electrons. The molecule has 0 amide bonds. The van der Waals surface area contributed by atoms with Crippen LogP contribution in [-0.4, -0.2) is 0 Å². The third-order valence-corrected chi connectivity index (χ3v) is 26.3. The van der Waals surface area contributed by atoms with Crippen LogP contribution in [0, 0.1) is 0 Å². The maximum Gasteiger partial charge on any atom is 0.144 e. The Morgan fingerprint density at radius 2 is 0.500 bits per heavy atom. The monoisotopic (exact) mass is 1670 g/mol. The quantitative estimate of drug-likeness (QED) is 0.0853. The topological polar surface area (TPSA) is 52.6 Å². The van der Waals surface area contributed by atoms with E-state index in [1.807, 2.05) is 0 Å². The molecule has 4 heterocycles. The van der Waals surface area contributed by atoms with Crippen molar-refractivity contribution in [2.75, 3.05) is 0 Å². The summed E-state index contributed by atoms with van der Waals surface area (Å²) in [5, 5.41) is 15.8. The maximum atomic E-state index is 7.48. The van der Waals surface area contributed by atoms with E-state index in [9.17, 15) is 0 Å². The second kappa shape index (κ2) is 33.4. The van der Waals surface area contributed by atoms with E-state index in [0.717, 1.165) is 201 Å². The standard InChI is InChI=1S/C66H50O2.C60H48O2/c1-2-3-4-9-22-44-37-39-46(40-38-44)55-42-57-59(47-24-10-5-11-25-47)63(49-28-14-7-15-29-49)68-66(57)62-56(52-34-20-33-51(41-52)54-36-21-32-45-23-18-19-35-53(45)54)43-58-60(48-26-12-6-13-27-48)64(67-65(58)61(55)62)50-30-16-8-17-31-50;1-59(2,3)57-51(41-20-9-7-10-21-41)49-35-47(40-31-29-39(30-32-40)46-27-17-25-38-19-15-16-26-45(38)46)53-54(56(49)62-57)48(44-33-28-37-18-13-14-24-43(37)34-44)36-50-52(42-22-11-8-12-23-42)58(60(4,5)6)61-55(50)53/h5-8,10-21,23-43H,2-4,9,22H2,1H3;7-36H,1-6H3. The van der Waals surface area contributed by atoms with Crippen LogP contribution in [0.4, 0.5) is 0 Å². The van der Waals surface area contributed by atoms with Crippen molar-refractivity contribution in [2.45, 2.75) is 91.4 Å². The van der Waals surface area contributed by atoms with Crippen molar-refractivity contribution in [3.05, 3.63) is 424 Å². The zero-order chi connectivity index (χ0) is 87.7. The van der Waals surface area contributed by atoms with Crippen LogP contribution in [0.5, 0.6) is 0 Å². The van der Waals surface area contributed by atoms with Crippen LogP contribution >= 0.6 is 0 Å². The van der Waals surface area contributed by atoms with Crippen molar-refractivity contribution in [3.63, 3.8) is 0 Å². The summed E-state index contributed by atoms with van der Waals surface area (Å²) < 4.78 is 29.7. The summed E-state index contributed by atoms with van der Waals surface area (Å²) in [5.41, 5.74) is 28.8. The highest BCUT2D eigenvalue weighted by atomic mass is 16.4. The van der Waals surface area contributed by atoms with Gasteiger partial charge in [-0.2, -0.15) is 0 Å². The average molecular weight is 1680 g/mol.